The van der Waals surface area contributed by atoms with Gasteiger partial charge in [0.05, 0.1) is 5.69 Å². The average molecular weight is 429 g/mol. The number of carbonyl (C=O) groups is 3. The van der Waals surface area contributed by atoms with Crippen LogP contribution in [0.5, 0.6) is 5.75 Å². The Kier molecular flexibility index (Phi) is 5.98. The molecule has 0 saturated carbocycles. The van der Waals surface area contributed by atoms with Gasteiger partial charge in [0.1, 0.15) is 12.3 Å². The first kappa shape index (κ1) is 21.2. The summed E-state index contributed by atoms with van der Waals surface area (Å²) in [6.07, 6.45) is 3.57. The zero-order chi connectivity index (χ0) is 22.7. The smallest absolute Gasteiger partial charge is 0.268 e. The first-order valence-corrected chi connectivity index (χ1v) is 10.3. The van der Waals surface area contributed by atoms with Gasteiger partial charge in [-0.25, -0.2) is 0 Å². The maximum Gasteiger partial charge on any atom is 0.268 e. The van der Waals surface area contributed by atoms with Crippen LogP contribution in [0, 0.1) is 0 Å². The highest BCUT2D eigenvalue weighted by atomic mass is 16.5. The molecular formula is C25H23N3O4. The van der Waals surface area contributed by atoms with Gasteiger partial charge in [0, 0.05) is 23.6 Å². The van der Waals surface area contributed by atoms with Crippen LogP contribution in [0.3, 0.4) is 0 Å². The Hall–Kier alpha value is -4.00. The van der Waals surface area contributed by atoms with Crippen molar-refractivity contribution in [3.8, 4) is 5.75 Å². The Morgan fingerprint density at radius 3 is 2.41 bits per heavy atom. The number of nitrogens with zero attached hydrogens (tertiary/aromatic N) is 2. The van der Waals surface area contributed by atoms with Crippen LogP contribution in [0.15, 0.2) is 67.0 Å². The number of ketones is 1. The fourth-order valence-electron chi connectivity index (χ4n) is 3.58. The number of nitrogens with one attached hydrogen (secondary N) is 1. The molecule has 4 rings (SSSR count). The summed E-state index contributed by atoms with van der Waals surface area (Å²) in [7, 11) is 0. The number of carbonyl (C=O) groups excluding carboxylic acids is 3. The molecule has 0 bridgehead atoms. The zero-order valence-corrected chi connectivity index (χ0v) is 17.9. The van der Waals surface area contributed by atoms with Crippen LogP contribution >= 0.6 is 0 Å². The number of fused-ring (bicyclic) bond motifs is 1. The summed E-state index contributed by atoms with van der Waals surface area (Å²) in [5.41, 5.74) is 3.77. The van der Waals surface area contributed by atoms with Crippen molar-refractivity contribution in [1.29, 1.82) is 0 Å². The van der Waals surface area contributed by atoms with Crippen molar-refractivity contribution in [2.24, 2.45) is 0 Å². The lowest BCUT2D eigenvalue weighted by Crippen LogP contribution is -2.47. The molecule has 162 valence electrons. The second-order valence-corrected chi connectivity index (χ2v) is 7.70. The number of rotatable bonds is 6. The molecule has 2 aromatic carbocycles. The highest BCUT2D eigenvalue weighted by Crippen LogP contribution is 2.35. The van der Waals surface area contributed by atoms with Crippen molar-refractivity contribution in [3.05, 3.63) is 83.7 Å². The summed E-state index contributed by atoms with van der Waals surface area (Å²) in [5, 5.41) is 2.83. The summed E-state index contributed by atoms with van der Waals surface area (Å²) >= 11 is 0. The molecule has 1 atom stereocenters. The van der Waals surface area contributed by atoms with E-state index in [1.54, 1.807) is 37.5 Å². The van der Waals surface area contributed by atoms with Gasteiger partial charge in [-0.05, 0) is 73.9 Å². The minimum atomic E-state index is -0.717. The van der Waals surface area contributed by atoms with E-state index in [2.05, 4.69) is 10.3 Å². The molecule has 0 saturated heterocycles. The average Bonchev–Trinajstić information content (AvgIpc) is 2.78. The van der Waals surface area contributed by atoms with E-state index < -0.39 is 6.10 Å². The number of hydrogen-bond donors (Lipinski definition) is 1. The van der Waals surface area contributed by atoms with Crippen LogP contribution in [-0.2, 0) is 16.0 Å². The van der Waals surface area contributed by atoms with E-state index >= 15 is 0 Å². The Balaban J connectivity index is 1.46. The van der Waals surface area contributed by atoms with Gasteiger partial charge in [0.2, 0.25) is 5.91 Å². The normalized spacial score (nSPS) is 15.0. The molecule has 0 fully saturated rings. The third-order valence-corrected chi connectivity index (χ3v) is 5.27. The Morgan fingerprint density at radius 2 is 1.72 bits per heavy atom. The molecule has 3 aromatic rings. The van der Waals surface area contributed by atoms with Crippen molar-refractivity contribution >= 4 is 29.0 Å². The molecule has 1 N–H and O–H groups in total. The Morgan fingerprint density at radius 1 is 1.03 bits per heavy atom. The third kappa shape index (κ3) is 4.67. The minimum absolute atomic E-state index is 0.130. The van der Waals surface area contributed by atoms with Gasteiger partial charge in [-0.15, -0.1) is 0 Å². The third-order valence-electron chi connectivity index (χ3n) is 5.27. The lowest BCUT2D eigenvalue weighted by Gasteiger charge is -2.32. The van der Waals surface area contributed by atoms with Crippen LogP contribution in [0.1, 0.15) is 35.3 Å². The molecular weight excluding hydrogens is 406 g/mol. The van der Waals surface area contributed by atoms with Gasteiger partial charge < -0.3 is 10.1 Å². The lowest BCUT2D eigenvalue weighted by atomic mass is 10.1. The second kappa shape index (κ2) is 9.01. The number of aromatic nitrogens is 1. The standard InChI is InChI=1S/C25H23N3O4/c1-16(29)20-5-8-23-22(14-20)28(25(31)17(2)32-23)15-24(30)27-21-6-3-18(4-7-21)13-19-9-11-26-12-10-19/h3-12,14,17H,13,15H2,1-2H3,(H,27,30). The quantitative estimate of drug-likeness (QED) is 0.605. The SMILES string of the molecule is CC(=O)c1ccc2c(c1)N(CC(=O)Nc1ccc(Cc3ccncc3)cc1)C(=O)C(C)O2. The molecule has 1 aliphatic heterocycles. The topological polar surface area (TPSA) is 88.6 Å². The van der Waals surface area contributed by atoms with Crippen molar-refractivity contribution in [1.82, 2.24) is 4.98 Å². The van der Waals surface area contributed by atoms with Crippen molar-refractivity contribution in [2.45, 2.75) is 26.4 Å². The summed E-state index contributed by atoms with van der Waals surface area (Å²) in [6.45, 7) is 2.90. The van der Waals surface area contributed by atoms with Crippen molar-refractivity contribution in [3.63, 3.8) is 0 Å². The Labute approximate surface area is 186 Å². The van der Waals surface area contributed by atoms with Gasteiger partial charge in [-0.1, -0.05) is 12.1 Å². The highest BCUT2D eigenvalue weighted by Gasteiger charge is 2.33. The van der Waals surface area contributed by atoms with Crippen LogP contribution in [0.4, 0.5) is 11.4 Å². The molecule has 0 radical (unpaired) electrons. The summed E-state index contributed by atoms with van der Waals surface area (Å²) in [5.74, 6) is -0.333. The zero-order valence-electron chi connectivity index (χ0n) is 17.9. The maximum atomic E-state index is 12.7. The molecule has 32 heavy (non-hydrogen) atoms. The predicted molar refractivity (Wildman–Crippen MR) is 121 cm³/mol. The molecule has 0 aliphatic carbocycles. The molecule has 2 heterocycles. The predicted octanol–water partition coefficient (Wildman–Crippen LogP) is 3.63. The summed E-state index contributed by atoms with van der Waals surface area (Å²) < 4.78 is 5.63. The maximum absolute atomic E-state index is 12.7. The van der Waals surface area contributed by atoms with Gasteiger partial charge in [-0.2, -0.15) is 0 Å². The van der Waals surface area contributed by atoms with Gasteiger partial charge >= 0.3 is 0 Å². The van der Waals surface area contributed by atoms with E-state index in [-0.39, 0.29) is 24.1 Å². The van der Waals surface area contributed by atoms with Gasteiger partial charge in [-0.3, -0.25) is 24.3 Å². The molecule has 0 spiro atoms. The molecule has 1 aliphatic rings. The minimum Gasteiger partial charge on any atom is -0.479 e. The first-order valence-electron chi connectivity index (χ1n) is 10.3. The Bertz CT molecular complexity index is 1160. The number of benzene rings is 2. The van der Waals surface area contributed by atoms with E-state index in [0.29, 0.717) is 22.7 Å². The van der Waals surface area contributed by atoms with E-state index in [9.17, 15) is 14.4 Å². The van der Waals surface area contributed by atoms with Gasteiger partial charge in [0.15, 0.2) is 11.9 Å². The number of Topliss-reactive ketones (excluding diaryl/α,β-unsaturated/α-hetero) is 1. The van der Waals surface area contributed by atoms with E-state index in [1.807, 2.05) is 36.4 Å². The van der Waals surface area contributed by atoms with Gasteiger partial charge in [0.25, 0.3) is 5.91 Å². The second-order valence-electron chi connectivity index (χ2n) is 7.70. The molecule has 2 amide bonds. The van der Waals surface area contributed by atoms with Crippen molar-refractivity contribution < 1.29 is 19.1 Å². The number of pyridine rings is 1. The fraction of sp³-hybridized carbons (Fsp3) is 0.200. The molecule has 1 aromatic heterocycles. The van der Waals surface area contributed by atoms with E-state index in [0.717, 1.165) is 17.5 Å². The first-order chi connectivity index (χ1) is 15.4. The van der Waals surface area contributed by atoms with Crippen LogP contribution in [0.2, 0.25) is 0 Å². The van der Waals surface area contributed by atoms with Crippen LogP contribution < -0.4 is 15.0 Å². The van der Waals surface area contributed by atoms with Crippen LogP contribution in [-0.4, -0.2) is 35.2 Å². The number of anilines is 2. The van der Waals surface area contributed by atoms with E-state index in [4.69, 9.17) is 4.74 Å². The number of hydrogen-bond acceptors (Lipinski definition) is 5. The largest absolute Gasteiger partial charge is 0.479 e. The van der Waals surface area contributed by atoms with Crippen LogP contribution in [0.25, 0.3) is 0 Å². The summed E-state index contributed by atoms with van der Waals surface area (Å²) in [4.78, 5) is 42.6. The fourth-order valence-corrected chi connectivity index (χ4v) is 3.58. The highest BCUT2D eigenvalue weighted by molar-refractivity contribution is 6.07. The molecule has 1 unspecified atom stereocenters. The number of amides is 2. The molecule has 7 heteroatoms. The summed E-state index contributed by atoms with van der Waals surface area (Å²) in [6, 6.07) is 16.4. The number of ether oxygens (including phenoxy) is 1. The molecule has 7 nitrogen and oxygen atoms in total. The lowest BCUT2D eigenvalue weighted by molar-refractivity contribution is -0.127. The van der Waals surface area contributed by atoms with E-state index in [1.165, 1.54) is 11.8 Å². The van der Waals surface area contributed by atoms with Crippen molar-refractivity contribution in [2.75, 3.05) is 16.8 Å². The monoisotopic (exact) mass is 429 g/mol.